The van der Waals surface area contributed by atoms with Crippen LogP contribution in [0.1, 0.15) is 13.8 Å². The Morgan fingerprint density at radius 3 is 1.93 bits per heavy atom. The molecule has 2 amide bonds. The number of aromatic nitrogens is 2. The Labute approximate surface area is 238 Å². The molecule has 3 heterocycles. The van der Waals surface area contributed by atoms with Crippen molar-refractivity contribution in [1.82, 2.24) is 19.8 Å². The van der Waals surface area contributed by atoms with Crippen molar-refractivity contribution >= 4 is 46.3 Å². The smallest absolute Gasteiger partial charge is 0.229 e. The molecular weight excluding hydrogens is 527 g/mol. The second kappa shape index (κ2) is 12.3. The minimum Gasteiger partial charge on any atom is -0.494 e. The van der Waals surface area contributed by atoms with Crippen LogP contribution in [-0.4, -0.2) is 91.0 Å². The molecule has 0 unspecified atom stereocenters. The number of piperazine rings is 2. The molecule has 1 aromatic heterocycles. The molecule has 2 fully saturated rings. The van der Waals surface area contributed by atoms with Crippen molar-refractivity contribution in [3.8, 4) is 5.75 Å². The summed E-state index contributed by atoms with van der Waals surface area (Å²) in [7, 11) is 1.56. The third-order valence-electron chi connectivity index (χ3n) is 7.49. The highest BCUT2D eigenvalue weighted by molar-refractivity contribution is 5.74. The van der Waals surface area contributed by atoms with Gasteiger partial charge in [0.1, 0.15) is 5.75 Å². The molecule has 2 aromatic carbocycles. The topological polar surface area (TPSA) is 106 Å². The maximum atomic E-state index is 14.7. The van der Waals surface area contributed by atoms with Gasteiger partial charge in [-0.2, -0.15) is 4.98 Å². The number of halogens is 1. The van der Waals surface area contributed by atoms with Gasteiger partial charge in [-0.05, 0) is 36.4 Å². The van der Waals surface area contributed by atoms with Gasteiger partial charge < -0.3 is 35.0 Å². The molecular formula is C29H35FN8O3. The molecule has 216 valence electrons. The Kier molecular flexibility index (Phi) is 8.37. The van der Waals surface area contributed by atoms with E-state index in [2.05, 4.69) is 30.4 Å². The summed E-state index contributed by atoms with van der Waals surface area (Å²) in [5.74, 6) is 0.402. The number of rotatable bonds is 7. The first-order valence-electron chi connectivity index (χ1n) is 13.7. The van der Waals surface area contributed by atoms with E-state index in [0.717, 1.165) is 49.4 Å². The van der Waals surface area contributed by atoms with Crippen molar-refractivity contribution in [2.45, 2.75) is 13.8 Å². The summed E-state index contributed by atoms with van der Waals surface area (Å²) in [6, 6.07) is 13.5. The number of anilines is 6. The van der Waals surface area contributed by atoms with Crippen molar-refractivity contribution < 1.29 is 18.7 Å². The SMILES string of the molecule is COc1cc(N2CCN(C(C)=O)CC2)ccc1Nc1nc(Nc2ccc(N3CCN(C(C)=O)CC3)cc2)ncc1F. The van der Waals surface area contributed by atoms with Gasteiger partial charge in [0.25, 0.3) is 0 Å². The largest absolute Gasteiger partial charge is 0.494 e. The molecule has 0 bridgehead atoms. The van der Waals surface area contributed by atoms with Crippen LogP contribution in [-0.2, 0) is 9.59 Å². The summed E-state index contributed by atoms with van der Waals surface area (Å²) in [6.45, 7) is 8.95. The van der Waals surface area contributed by atoms with E-state index in [1.54, 1.807) is 21.0 Å². The van der Waals surface area contributed by atoms with E-state index in [1.807, 2.05) is 52.3 Å². The van der Waals surface area contributed by atoms with Gasteiger partial charge >= 0.3 is 0 Å². The molecule has 3 aromatic rings. The summed E-state index contributed by atoms with van der Waals surface area (Å²) in [5.41, 5.74) is 3.36. The summed E-state index contributed by atoms with van der Waals surface area (Å²) in [4.78, 5) is 39.8. The molecule has 5 rings (SSSR count). The second-order valence-corrected chi connectivity index (χ2v) is 10.1. The lowest BCUT2D eigenvalue weighted by atomic mass is 10.2. The van der Waals surface area contributed by atoms with E-state index in [-0.39, 0.29) is 23.6 Å². The standard InChI is InChI=1S/C29H35FN8O3/c1-20(39)35-10-14-37(15-11-35)23-6-4-22(5-7-23)32-29-31-19-25(30)28(34-29)33-26-9-8-24(18-27(26)41-3)38-16-12-36(13-17-38)21(2)40/h4-9,18-19H,10-17H2,1-3H3,(H2,31,32,33,34). The van der Waals surface area contributed by atoms with Gasteiger partial charge in [0, 0.05) is 89.3 Å². The first-order chi connectivity index (χ1) is 19.8. The van der Waals surface area contributed by atoms with E-state index in [0.29, 0.717) is 37.6 Å². The van der Waals surface area contributed by atoms with Crippen molar-refractivity contribution in [3.05, 3.63) is 54.5 Å². The number of carbonyl (C=O) groups excluding carboxylic acids is 2. The van der Waals surface area contributed by atoms with E-state index in [4.69, 9.17) is 4.74 Å². The Hall–Kier alpha value is -4.61. The minimum absolute atomic E-state index is 0.0172. The predicted molar refractivity (Wildman–Crippen MR) is 157 cm³/mol. The molecule has 12 heteroatoms. The monoisotopic (exact) mass is 562 g/mol. The van der Waals surface area contributed by atoms with Gasteiger partial charge in [0.15, 0.2) is 11.6 Å². The van der Waals surface area contributed by atoms with Gasteiger partial charge in [-0.15, -0.1) is 0 Å². The van der Waals surface area contributed by atoms with Gasteiger partial charge in [-0.3, -0.25) is 9.59 Å². The third-order valence-corrected chi connectivity index (χ3v) is 7.49. The average molecular weight is 563 g/mol. The van der Waals surface area contributed by atoms with Crippen LogP contribution in [0.15, 0.2) is 48.7 Å². The van der Waals surface area contributed by atoms with E-state index in [1.165, 1.54) is 0 Å². The van der Waals surface area contributed by atoms with Gasteiger partial charge in [-0.1, -0.05) is 0 Å². The molecule has 0 saturated carbocycles. The van der Waals surface area contributed by atoms with E-state index < -0.39 is 5.82 Å². The molecule has 2 aliphatic rings. The molecule has 2 saturated heterocycles. The van der Waals surface area contributed by atoms with Crippen LogP contribution < -0.4 is 25.2 Å². The van der Waals surface area contributed by atoms with Crippen molar-refractivity contribution in [3.63, 3.8) is 0 Å². The fourth-order valence-corrected chi connectivity index (χ4v) is 5.07. The van der Waals surface area contributed by atoms with Gasteiger partial charge in [0.05, 0.1) is 19.0 Å². The zero-order valence-electron chi connectivity index (χ0n) is 23.6. The summed E-state index contributed by atoms with van der Waals surface area (Å²) < 4.78 is 20.3. The number of hydrogen-bond acceptors (Lipinski definition) is 9. The number of amides is 2. The average Bonchev–Trinajstić information content (AvgIpc) is 2.99. The van der Waals surface area contributed by atoms with E-state index >= 15 is 0 Å². The van der Waals surface area contributed by atoms with Gasteiger partial charge in [-0.25, -0.2) is 9.37 Å². The molecule has 2 aliphatic heterocycles. The van der Waals surface area contributed by atoms with Crippen LogP contribution in [0.25, 0.3) is 0 Å². The summed E-state index contributed by atoms with van der Waals surface area (Å²) >= 11 is 0. The highest BCUT2D eigenvalue weighted by atomic mass is 19.1. The Morgan fingerprint density at radius 2 is 1.37 bits per heavy atom. The molecule has 41 heavy (non-hydrogen) atoms. The van der Waals surface area contributed by atoms with Crippen LogP contribution >= 0.6 is 0 Å². The maximum absolute atomic E-state index is 14.7. The first kappa shape index (κ1) is 27.9. The first-order valence-corrected chi connectivity index (χ1v) is 13.7. The fraction of sp³-hybridized carbons (Fsp3) is 0.379. The molecule has 0 aliphatic carbocycles. The highest BCUT2D eigenvalue weighted by Gasteiger charge is 2.21. The number of nitrogens with zero attached hydrogens (tertiary/aromatic N) is 6. The molecule has 11 nitrogen and oxygen atoms in total. The van der Waals surface area contributed by atoms with E-state index in [9.17, 15) is 14.0 Å². The maximum Gasteiger partial charge on any atom is 0.229 e. The number of ether oxygens (including phenoxy) is 1. The number of benzene rings is 2. The van der Waals surface area contributed by atoms with Crippen LogP contribution in [0.2, 0.25) is 0 Å². The lowest BCUT2D eigenvalue weighted by molar-refractivity contribution is -0.129. The van der Waals surface area contributed by atoms with Crippen molar-refractivity contribution in [2.24, 2.45) is 0 Å². The zero-order chi connectivity index (χ0) is 28.9. The summed E-state index contributed by atoms with van der Waals surface area (Å²) in [6.07, 6.45) is 1.12. The summed E-state index contributed by atoms with van der Waals surface area (Å²) in [5, 5.41) is 6.17. The number of methoxy groups -OCH3 is 1. The zero-order valence-corrected chi connectivity index (χ0v) is 23.6. The Balaban J connectivity index is 1.24. The fourth-order valence-electron chi connectivity index (χ4n) is 5.07. The molecule has 0 spiro atoms. The lowest BCUT2D eigenvalue weighted by Gasteiger charge is -2.35. The van der Waals surface area contributed by atoms with Crippen LogP contribution in [0.4, 0.5) is 38.9 Å². The Morgan fingerprint density at radius 1 is 0.805 bits per heavy atom. The van der Waals surface area contributed by atoms with Crippen molar-refractivity contribution in [2.75, 3.05) is 79.9 Å². The van der Waals surface area contributed by atoms with Crippen LogP contribution in [0.5, 0.6) is 5.75 Å². The van der Waals surface area contributed by atoms with Crippen LogP contribution in [0.3, 0.4) is 0 Å². The number of hydrogen-bond donors (Lipinski definition) is 2. The lowest BCUT2D eigenvalue weighted by Crippen LogP contribution is -2.48. The normalized spacial score (nSPS) is 15.5. The number of carbonyl (C=O) groups is 2. The molecule has 0 radical (unpaired) electrons. The minimum atomic E-state index is -0.595. The van der Waals surface area contributed by atoms with Crippen molar-refractivity contribution in [1.29, 1.82) is 0 Å². The third kappa shape index (κ3) is 6.59. The molecule has 2 N–H and O–H groups in total. The quantitative estimate of drug-likeness (QED) is 0.448. The number of nitrogens with one attached hydrogen (secondary N) is 2. The second-order valence-electron chi connectivity index (χ2n) is 10.1. The Bertz CT molecular complexity index is 1390. The van der Waals surface area contributed by atoms with Gasteiger partial charge in [0.2, 0.25) is 17.8 Å². The van der Waals surface area contributed by atoms with Crippen LogP contribution in [0, 0.1) is 5.82 Å². The molecule has 0 atom stereocenters. The highest BCUT2D eigenvalue weighted by Crippen LogP contribution is 2.33. The predicted octanol–water partition coefficient (Wildman–Crippen LogP) is 3.45.